The maximum Gasteiger partial charge on any atom is 0.241 e. The lowest BCUT2D eigenvalue weighted by Crippen LogP contribution is -2.25. The van der Waals surface area contributed by atoms with Gasteiger partial charge in [0.15, 0.2) is 5.17 Å². The third-order valence-corrected chi connectivity index (χ3v) is 5.32. The second kappa shape index (κ2) is 10.2. The van der Waals surface area contributed by atoms with Crippen molar-refractivity contribution in [3.63, 3.8) is 0 Å². The number of ether oxygens (including phenoxy) is 2. The lowest BCUT2D eigenvalue weighted by atomic mass is 10.1. The summed E-state index contributed by atoms with van der Waals surface area (Å²) in [7, 11) is 0. The van der Waals surface area contributed by atoms with Gasteiger partial charge in [-0.25, -0.2) is 5.01 Å². The van der Waals surface area contributed by atoms with Crippen LogP contribution in [-0.4, -0.2) is 35.2 Å². The van der Waals surface area contributed by atoms with Gasteiger partial charge in [0.2, 0.25) is 11.8 Å². The topological polar surface area (TPSA) is 80.2 Å². The predicted molar refractivity (Wildman–Crippen MR) is 117 cm³/mol. The van der Waals surface area contributed by atoms with Crippen molar-refractivity contribution in [1.29, 1.82) is 0 Å². The number of para-hydroxylation sites is 1. The first-order chi connectivity index (χ1) is 14.4. The minimum Gasteiger partial charge on any atom is -0.493 e. The molecule has 158 valence electrons. The van der Waals surface area contributed by atoms with Crippen LogP contribution in [0.2, 0.25) is 0 Å². The molecule has 2 aromatic rings. The average Bonchev–Trinajstić information content (AvgIpc) is 3.12. The molecule has 0 fully saturated rings. The predicted octanol–water partition coefficient (Wildman–Crippen LogP) is 3.84. The van der Waals surface area contributed by atoms with Crippen LogP contribution in [0.25, 0.3) is 0 Å². The molecule has 30 heavy (non-hydrogen) atoms. The Hall–Kier alpha value is -3.00. The van der Waals surface area contributed by atoms with E-state index >= 15 is 0 Å². The number of nitrogens with one attached hydrogen (secondary N) is 1. The fourth-order valence-corrected chi connectivity index (χ4v) is 4.06. The fourth-order valence-electron chi connectivity index (χ4n) is 2.91. The van der Waals surface area contributed by atoms with Crippen LogP contribution < -0.4 is 14.8 Å². The molecule has 0 bridgehead atoms. The van der Waals surface area contributed by atoms with Crippen molar-refractivity contribution in [2.24, 2.45) is 5.10 Å². The second-order valence-electron chi connectivity index (χ2n) is 6.82. The van der Waals surface area contributed by atoms with Gasteiger partial charge in [0, 0.05) is 25.8 Å². The van der Waals surface area contributed by atoms with Crippen LogP contribution in [0, 0.1) is 6.92 Å². The SMILES string of the molecule is CC(=O)NC1=NN(C(C)=O)C(c2cc(C)ccc2OCCCOc2ccccc2)S1. The van der Waals surface area contributed by atoms with E-state index in [0.717, 1.165) is 16.9 Å². The molecule has 1 heterocycles. The Morgan fingerprint density at radius 3 is 2.53 bits per heavy atom. The highest BCUT2D eigenvalue weighted by Gasteiger charge is 2.34. The quantitative estimate of drug-likeness (QED) is 0.679. The third kappa shape index (κ3) is 5.76. The molecule has 7 nitrogen and oxygen atoms in total. The van der Waals surface area contributed by atoms with Crippen molar-refractivity contribution in [1.82, 2.24) is 10.3 Å². The largest absolute Gasteiger partial charge is 0.493 e. The summed E-state index contributed by atoms with van der Waals surface area (Å²) in [6.45, 7) is 5.85. The Bertz CT molecular complexity index is 933. The van der Waals surface area contributed by atoms with E-state index in [9.17, 15) is 9.59 Å². The zero-order chi connectivity index (χ0) is 21.5. The minimum absolute atomic E-state index is 0.212. The number of hydrogen-bond acceptors (Lipinski definition) is 6. The Morgan fingerprint density at radius 2 is 1.83 bits per heavy atom. The lowest BCUT2D eigenvalue weighted by molar-refractivity contribution is -0.129. The van der Waals surface area contributed by atoms with Crippen molar-refractivity contribution < 1.29 is 19.1 Å². The number of carbonyl (C=O) groups is 2. The molecule has 1 atom stereocenters. The van der Waals surface area contributed by atoms with Gasteiger partial charge >= 0.3 is 0 Å². The number of benzene rings is 2. The molecule has 1 aliphatic rings. The van der Waals surface area contributed by atoms with Crippen molar-refractivity contribution >= 4 is 28.7 Å². The summed E-state index contributed by atoms with van der Waals surface area (Å²) < 4.78 is 11.7. The second-order valence-corrected chi connectivity index (χ2v) is 7.89. The molecule has 0 aliphatic carbocycles. The Morgan fingerprint density at radius 1 is 1.10 bits per heavy atom. The first-order valence-corrected chi connectivity index (χ1v) is 10.6. The normalized spacial score (nSPS) is 15.5. The molecular weight excluding hydrogens is 402 g/mol. The van der Waals surface area contributed by atoms with Crippen molar-refractivity contribution in [2.75, 3.05) is 13.2 Å². The Balaban J connectivity index is 1.66. The highest BCUT2D eigenvalue weighted by atomic mass is 32.2. The summed E-state index contributed by atoms with van der Waals surface area (Å²) in [6, 6.07) is 15.5. The van der Waals surface area contributed by atoms with Gasteiger partial charge in [-0.05, 0) is 31.2 Å². The molecule has 0 aromatic heterocycles. The standard InChI is InChI=1S/C22H25N3O4S/c1-15-10-11-20(29-13-7-12-28-18-8-5-4-6-9-18)19(14-15)21-25(17(3)27)24-22(30-21)23-16(2)26/h4-6,8-11,14,21H,7,12-13H2,1-3H3,(H,23,24,26). The molecule has 8 heteroatoms. The molecule has 0 saturated heterocycles. The molecule has 3 rings (SSSR count). The summed E-state index contributed by atoms with van der Waals surface area (Å²) >= 11 is 1.31. The molecule has 0 spiro atoms. The Kier molecular flexibility index (Phi) is 7.35. The summed E-state index contributed by atoms with van der Waals surface area (Å²) in [5.74, 6) is 1.07. The number of hydrazone groups is 1. The number of hydrogen-bond donors (Lipinski definition) is 1. The zero-order valence-corrected chi connectivity index (χ0v) is 18.1. The molecule has 1 N–H and O–H groups in total. The van der Waals surface area contributed by atoms with Gasteiger partial charge in [-0.3, -0.25) is 9.59 Å². The van der Waals surface area contributed by atoms with E-state index < -0.39 is 5.37 Å². The number of nitrogens with zero attached hydrogens (tertiary/aromatic N) is 2. The maximum atomic E-state index is 12.1. The van der Waals surface area contributed by atoms with Gasteiger partial charge in [-0.2, -0.15) is 0 Å². The number of carbonyl (C=O) groups excluding carboxylic acids is 2. The van der Waals surface area contributed by atoms with E-state index in [0.29, 0.717) is 30.6 Å². The zero-order valence-electron chi connectivity index (χ0n) is 17.3. The molecule has 1 aliphatic heterocycles. The number of amides is 2. The highest BCUT2D eigenvalue weighted by Crippen LogP contribution is 2.42. The Labute approximate surface area is 180 Å². The van der Waals surface area contributed by atoms with Crippen LogP contribution >= 0.6 is 11.8 Å². The van der Waals surface area contributed by atoms with Gasteiger partial charge in [0.1, 0.15) is 16.9 Å². The van der Waals surface area contributed by atoms with Crippen molar-refractivity contribution in [3.05, 3.63) is 59.7 Å². The molecule has 2 aromatic carbocycles. The van der Waals surface area contributed by atoms with Gasteiger partial charge in [0.25, 0.3) is 0 Å². The van der Waals surface area contributed by atoms with Gasteiger partial charge in [-0.1, -0.05) is 41.6 Å². The number of aryl methyl sites for hydroxylation is 1. The number of rotatable bonds is 7. The van der Waals surface area contributed by atoms with Crippen molar-refractivity contribution in [2.45, 2.75) is 32.6 Å². The smallest absolute Gasteiger partial charge is 0.241 e. The van der Waals surface area contributed by atoms with Crippen LogP contribution in [0.4, 0.5) is 0 Å². The molecular formula is C22H25N3O4S. The van der Waals surface area contributed by atoms with Gasteiger partial charge in [-0.15, -0.1) is 5.10 Å². The summed E-state index contributed by atoms with van der Waals surface area (Å²) in [4.78, 5) is 23.5. The average molecular weight is 428 g/mol. The van der Waals surface area contributed by atoms with Crippen molar-refractivity contribution in [3.8, 4) is 11.5 Å². The molecule has 1 unspecified atom stereocenters. The third-order valence-electron chi connectivity index (χ3n) is 4.24. The monoisotopic (exact) mass is 427 g/mol. The van der Waals surface area contributed by atoms with Gasteiger partial charge < -0.3 is 14.8 Å². The lowest BCUT2D eigenvalue weighted by Gasteiger charge is -2.22. The van der Waals surface area contributed by atoms with E-state index in [2.05, 4.69) is 10.4 Å². The van der Waals surface area contributed by atoms with Gasteiger partial charge in [0.05, 0.1) is 13.2 Å². The number of thioether (sulfide) groups is 1. The summed E-state index contributed by atoms with van der Waals surface area (Å²) in [5, 5.41) is 8.28. The van der Waals surface area contributed by atoms with Crippen LogP contribution in [0.15, 0.2) is 53.6 Å². The van der Waals surface area contributed by atoms with Crippen LogP contribution in [0.5, 0.6) is 11.5 Å². The van der Waals surface area contributed by atoms with Crippen LogP contribution in [0.3, 0.4) is 0 Å². The first-order valence-electron chi connectivity index (χ1n) is 9.68. The van der Waals surface area contributed by atoms with E-state index in [1.807, 2.05) is 55.5 Å². The molecule has 0 radical (unpaired) electrons. The van der Waals surface area contributed by atoms with Crippen LogP contribution in [-0.2, 0) is 9.59 Å². The fraction of sp³-hybridized carbons (Fsp3) is 0.318. The summed E-state index contributed by atoms with van der Waals surface area (Å²) in [6.07, 6.45) is 0.712. The maximum absolute atomic E-state index is 12.1. The highest BCUT2D eigenvalue weighted by molar-refractivity contribution is 8.14. The minimum atomic E-state index is -0.403. The molecule has 2 amide bonds. The van der Waals surface area contributed by atoms with E-state index in [4.69, 9.17) is 9.47 Å². The summed E-state index contributed by atoms with van der Waals surface area (Å²) in [5.41, 5.74) is 1.88. The molecule has 0 saturated carbocycles. The number of amidine groups is 1. The van der Waals surface area contributed by atoms with E-state index in [1.165, 1.54) is 30.6 Å². The van der Waals surface area contributed by atoms with E-state index in [1.54, 1.807) is 0 Å². The van der Waals surface area contributed by atoms with E-state index in [-0.39, 0.29) is 11.8 Å². The first kappa shape index (κ1) is 21.7. The van der Waals surface area contributed by atoms with Crippen LogP contribution in [0.1, 0.15) is 36.8 Å².